The predicted molar refractivity (Wildman–Crippen MR) is 137 cm³/mol. The number of carbonyl (C=O) groups is 2. The third-order valence-electron chi connectivity index (χ3n) is 4.29. The maximum absolute atomic E-state index is 12.2. The number of ether oxygens (including phenoxy) is 2. The lowest BCUT2D eigenvalue weighted by molar-refractivity contribution is -0.118. The van der Waals surface area contributed by atoms with Gasteiger partial charge in [-0.3, -0.25) is 9.59 Å². The molecule has 2 N–H and O–H groups in total. The van der Waals surface area contributed by atoms with Crippen LogP contribution in [0.25, 0.3) is 0 Å². The highest BCUT2D eigenvalue weighted by Crippen LogP contribution is 2.36. The van der Waals surface area contributed by atoms with Crippen molar-refractivity contribution in [1.82, 2.24) is 5.43 Å². The highest BCUT2D eigenvalue weighted by molar-refractivity contribution is 9.10. The third-order valence-corrected chi connectivity index (χ3v) is 5.35. The van der Waals surface area contributed by atoms with Crippen molar-refractivity contribution in [3.05, 3.63) is 86.3 Å². The summed E-state index contributed by atoms with van der Waals surface area (Å²) >= 11 is 15.6. The van der Waals surface area contributed by atoms with E-state index in [0.717, 1.165) is 4.47 Å². The number of rotatable bonds is 9. The lowest BCUT2D eigenvalue weighted by atomic mass is 10.2. The van der Waals surface area contributed by atoms with Crippen LogP contribution in [0.3, 0.4) is 0 Å². The van der Waals surface area contributed by atoms with Gasteiger partial charge in [0.05, 0.1) is 17.8 Å². The molecular weight excluding hydrogens is 545 g/mol. The molecule has 7 nitrogen and oxygen atoms in total. The van der Waals surface area contributed by atoms with Crippen molar-refractivity contribution in [2.45, 2.75) is 6.92 Å². The second-order valence-electron chi connectivity index (χ2n) is 6.81. The first-order valence-corrected chi connectivity index (χ1v) is 11.6. The van der Waals surface area contributed by atoms with Gasteiger partial charge in [0.25, 0.3) is 11.8 Å². The van der Waals surface area contributed by atoms with Gasteiger partial charge < -0.3 is 14.8 Å². The quantitative estimate of drug-likeness (QED) is 0.249. The summed E-state index contributed by atoms with van der Waals surface area (Å²) in [6.07, 6.45) is 1.43. The molecule has 0 spiro atoms. The van der Waals surface area contributed by atoms with Crippen LogP contribution in [0, 0.1) is 0 Å². The summed E-state index contributed by atoms with van der Waals surface area (Å²) in [4.78, 5) is 24.4. The van der Waals surface area contributed by atoms with Crippen molar-refractivity contribution < 1.29 is 19.1 Å². The molecule has 3 rings (SSSR count). The molecule has 0 aliphatic rings. The second kappa shape index (κ2) is 12.4. The zero-order chi connectivity index (χ0) is 24.5. The zero-order valence-electron chi connectivity index (χ0n) is 18.0. The van der Waals surface area contributed by atoms with E-state index in [1.54, 1.807) is 60.7 Å². The number of amides is 2. The van der Waals surface area contributed by atoms with E-state index in [-0.39, 0.29) is 29.2 Å². The molecule has 0 aromatic heterocycles. The standard InChI is InChI=1S/C24H20BrCl2N3O4/c1-2-33-21-12-15(13-28-30-24(32)16-3-5-17(25)6-4-16)11-20(27)23(21)34-14-22(31)29-19-9-7-18(26)8-10-19/h3-13H,2,14H2,1H3,(H,29,31)(H,30,32)/b28-13+. The van der Waals surface area contributed by atoms with E-state index in [1.807, 2.05) is 6.92 Å². The van der Waals surface area contributed by atoms with Gasteiger partial charge in [0, 0.05) is 20.7 Å². The Morgan fingerprint density at radius 2 is 1.74 bits per heavy atom. The Morgan fingerprint density at radius 1 is 1.03 bits per heavy atom. The largest absolute Gasteiger partial charge is 0.490 e. The molecule has 0 radical (unpaired) electrons. The molecule has 0 bridgehead atoms. The van der Waals surface area contributed by atoms with Gasteiger partial charge in [-0.2, -0.15) is 5.10 Å². The highest BCUT2D eigenvalue weighted by Gasteiger charge is 2.14. The fourth-order valence-corrected chi connectivity index (χ4v) is 3.43. The first-order chi connectivity index (χ1) is 16.4. The monoisotopic (exact) mass is 563 g/mol. The summed E-state index contributed by atoms with van der Waals surface area (Å²) in [5.41, 5.74) is 4.09. The van der Waals surface area contributed by atoms with Gasteiger partial charge in [-0.15, -0.1) is 0 Å². The van der Waals surface area contributed by atoms with E-state index in [4.69, 9.17) is 32.7 Å². The smallest absolute Gasteiger partial charge is 0.271 e. The molecule has 0 aliphatic carbocycles. The second-order valence-corrected chi connectivity index (χ2v) is 8.57. The van der Waals surface area contributed by atoms with Gasteiger partial charge in [0.1, 0.15) is 0 Å². The number of hydrazone groups is 1. The summed E-state index contributed by atoms with van der Waals surface area (Å²) in [6.45, 7) is 1.88. The molecular formula is C24H20BrCl2N3O4. The zero-order valence-corrected chi connectivity index (χ0v) is 21.1. The topological polar surface area (TPSA) is 89.0 Å². The molecule has 0 unspecified atom stereocenters. The molecule has 34 heavy (non-hydrogen) atoms. The summed E-state index contributed by atoms with van der Waals surface area (Å²) in [7, 11) is 0. The van der Waals surface area contributed by atoms with Crippen LogP contribution in [0.1, 0.15) is 22.8 Å². The van der Waals surface area contributed by atoms with Crippen molar-refractivity contribution >= 4 is 62.8 Å². The molecule has 0 fully saturated rings. The Hall–Kier alpha value is -3.07. The molecule has 0 saturated carbocycles. The van der Waals surface area contributed by atoms with Gasteiger partial charge in [0.15, 0.2) is 18.1 Å². The van der Waals surface area contributed by atoms with Crippen molar-refractivity contribution in [2.24, 2.45) is 5.10 Å². The van der Waals surface area contributed by atoms with Gasteiger partial charge in [-0.1, -0.05) is 39.1 Å². The van der Waals surface area contributed by atoms with Crippen LogP contribution in [0.15, 0.2) is 70.2 Å². The minimum Gasteiger partial charge on any atom is -0.490 e. The number of nitrogens with one attached hydrogen (secondary N) is 2. The minimum absolute atomic E-state index is 0.228. The van der Waals surface area contributed by atoms with E-state index >= 15 is 0 Å². The number of nitrogens with zero attached hydrogens (tertiary/aromatic N) is 1. The summed E-state index contributed by atoms with van der Waals surface area (Å²) in [6, 6.07) is 16.8. The minimum atomic E-state index is -0.373. The summed E-state index contributed by atoms with van der Waals surface area (Å²) in [5.74, 6) is -0.158. The van der Waals surface area contributed by atoms with Crippen molar-refractivity contribution in [3.8, 4) is 11.5 Å². The van der Waals surface area contributed by atoms with E-state index in [1.165, 1.54) is 6.21 Å². The van der Waals surface area contributed by atoms with E-state index in [2.05, 4.69) is 31.8 Å². The maximum Gasteiger partial charge on any atom is 0.271 e. The SMILES string of the molecule is CCOc1cc(/C=N/NC(=O)c2ccc(Br)cc2)cc(Cl)c1OCC(=O)Nc1ccc(Cl)cc1. The van der Waals surface area contributed by atoms with Gasteiger partial charge >= 0.3 is 0 Å². The summed E-state index contributed by atoms with van der Waals surface area (Å²) in [5, 5.41) is 7.48. The van der Waals surface area contributed by atoms with Crippen LogP contribution in [-0.2, 0) is 4.79 Å². The van der Waals surface area contributed by atoms with Crippen molar-refractivity contribution in [3.63, 3.8) is 0 Å². The molecule has 0 aliphatic heterocycles. The molecule has 10 heteroatoms. The molecule has 3 aromatic rings. The van der Waals surface area contributed by atoms with E-state index < -0.39 is 0 Å². The Kier molecular flexibility index (Phi) is 9.33. The van der Waals surface area contributed by atoms with Crippen molar-refractivity contribution in [1.29, 1.82) is 0 Å². The number of hydrogen-bond donors (Lipinski definition) is 2. The molecule has 176 valence electrons. The molecule has 3 aromatic carbocycles. The number of hydrogen-bond acceptors (Lipinski definition) is 5. The number of anilines is 1. The average Bonchev–Trinajstić information content (AvgIpc) is 2.80. The molecule has 0 heterocycles. The van der Waals surface area contributed by atoms with E-state index in [9.17, 15) is 9.59 Å². The van der Waals surface area contributed by atoms with Gasteiger partial charge in [-0.25, -0.2) is 5.43 Å². The van der Waals surface area contributed by atoms with Crippen LogP contribution in [0.2, 0.25) is 10.0 Å². The van der Waals surface area contributed by atoms with Gasteiger partial charge in [0.2, 0.25) is 0 Å². The Labute approximate surface area is 215 Å². The third kappa shape index (κ3) is 7.48. The maximum atomic E-state index is 12.2. The van der Waals surface area contributed by atoms with Crippen LogP contribution in [0.4, 0.5) is 5.69 Å². The van der Waals surface area contributed by atoms with E-state index in [0.29, 0.717) is 34.2 Å². The first-order valence-electron chi connectivity index (χ1n) is 10.1. The molecule has 0 atom stereocenters. The fourth-order valence-electron chi connectivity index (χ4n) is 2.76. The van der Waals surface area contributed by atoms with Crippen LogP contribution in [-0.4, -0.2) is 31.2 Å². The Balaban J connectivity index is 1.65. The lowest BCUT2D eigenvalue weighted by Crippen LogP contribution is -2.20. The molecule has 0 saturated heterocycles. The average molecular weight is 565 g/mol. The number of halogens is 3. The lowest BCUT2D eigenvalue weighted by Gasteiger charge is -2.14. The summed E-state index contributed by atoms with van der Waals surface area (Å²) < 4.78 is 12.1. The molecule has 2 amide bonds. The Bertz CT molecular complexity index is 1190. The fraction of sp³-hybridized carbons (Fsp3) is 0.125. The number of benzene rings is 3. The van der Waals surface area contributed by atoms with Crippen LogP contribution in [0.5, 0.6) is 11.5 Å². The first kappa shape index (κ1) is 25.6. The highest BCUT2D eigenvalue weighted by atomic mass is 79.9. The number of carbonyl (C=O) groups excluding carboxylic acids is 2. The Morgan fingerprint density at radius 3 is 2.41 bits per heavy atom. The van der Waals surface area contributed by atoms with Crippen LogP contribution < -0.4 is 20.2 Å². The van der Waals surface area contributed by atoms with Crippen molar-refractivity contribution in [2.75, 3.05) is 18.5 Å². The predicted octanol–water partition coefficient (Wildman–Crippen LogP) is 5.94. The van der Waals surface area contributed by atoms with Gasteiger partial charge in [-0.05, 0) is 73.2 Å². The van der Waals surface area contributed by atoms with Crippen LogP contribution >= 0.6 is 39.1 Å². The normalized spacial score (nSPS) is 10.7.